The number of benzene rings is 1. The van der Waals surface area contributed by atoms with Crippen molar-refractivity contribution in [3.05, 3.63) is 23.8 Å². The Morgan fingerprint density at radius 2 is 2.00 bits per heavy atom. The second kappa shape index (κ2) is 6.95. The van der Waals surface area contributed by atoms with Gasteiger partial charge in [0.05, 0.1) is 0 Å². The van der Waals surface area contributed by atoms with E-state index in [0.29, 0.717) is 12.0 Å². The van der Waals surface area contributed by atoms with Gasteiger partial charge in [0.1, 0.15) is 0 Å². The Morgan fingerprint density at radius 3 is 2.68 bits per heavy atom. The first-order chi connectivity index (χ1) is 10.1. The van der Waals surface area contributed by atoms with Gasteiger partial charge >= 0.3 is 6.29 Å². The van der Waals surface area contributed by atoms with Crippen molar-refractivity contribution < 1.29 is 23.4 Å². The van der Waals surface area contributed by atoms with Crippen LogP contribution in [0.1, 0.15) is 18.0 Å². The summed E-state index contributed by atoms with van der Waals surface area (Å²) in [5, 5.41) is 12.6. The molecule has 2 heterocycles. The third kappa shape index (κ3) is 3.43. The zero-order chi connectivity index (χ0) is 14.9. The van der Waals surface area contributed by atoms with E-state index >= 15 is 0 Å². The van der Waals surface area contributed by atoms with Crippen molar-refractivity contribution in [1.82, 2.24) is 10.2 Å². The van der Waals surface area contributed by atoms with E-state index in [1.54, 1.807) is 12.1 Å². The number of ether oxygens (including phenoxy) is 2. The second-order valence-corrected chi connectivity index (χ2v) is 5.16. The maximum Gasteiger partial charge on any atom is 0.586 e. The van der Waals surface area contributed by atoms with Crippen LogP contribution >= 0.6 is 12.4 Å². The number of halogens is 3. The minimum atomic E-state index is -3.62. The van der Waals surface area contributed by atoms with Gasteiger partial charge in [0.25, 0.3) is 0 Å². The number of hydrogen-bond acceptors (Lipinski definition) is 5. The zero-order valence-corrected chi connectivity index (χ0v) is 12.7. The van der Waals surface area contributed by atoms with Gasteiger partial charge in [-0.15, -0.1) is 21.2 Å². The molecule has 2 N–H and O–H groups in total. The molecule has 1 fully saturated rings. The predicted molar refractivity (Wildman–Crippen MR) is 78.8 cm³/mol. The zero-order valence-electron chi connectivity index (χ0n) is 11.9. The Kier molecular flexibility index (Phi) is 5.44. The van der Waals surface area contributed by atoms with Gasteiger partial charge in [0.2, 0.25) is 0 Å². The van der Waals surface area contributed by atoms with E-state index in [0.717, 1.165) is 26.2 Å². The average Bonchev–Trinajstić information content (AvgIpc) is 2.79. The maximum absolute atomic E-state index is 13.3. The van der Waals surface area contributed by atoms with E-state index in [1.165, 1.54) is 6.07 Å². The third-order valence-corrected chi connectivity index (χ3v) is 3.81. The van der Waals surface area contributed by atoms with Crippen LogP contribution in [0.15, 0.2) is 18.2 Å². The fourth-order valence-electron chi connectivity index (χ4n) is 2.90. The van der Waals surface area contributed by atoms with Crippen molar-refractivity contribution in [1.29, 1.82) is 0 Å². The first kappa shape index (κ1) is 17.2. The summed E-state index contributed by atoms with van der Waals surface area (Å²) >= 11 is 0. The van der Waals surface area contributed by atoms with Gasteiger partial charge in [-0.2, -0.15) is 0 Å². The molecule has 0 bridgehead atoms. The standard InChI is InChI=1S/C14H18F2N2O3.ClH/c15-14(16)20-12-3-1-2-10(13(12)21-14)11(4-9-19)18-7-5-17-6-8-18;/h1-3,11,17,19H,4-9H2;1H/t11-;/m0./s1. The average molecular weight is 337 g/mol. The van der Waals surface area contributed by atoms with Crippen LogP contribution in [-0.4, -0.2) is 49.1 Å². The summed E-state index contributed by atoms with van der Waals surface area (Å²) in [7, 11) is 0. The lowest BCUT2D eigenvalue weighted by atomic mass is 10.00. The molecule has 0 amide bonds. The summed E-state index contributed by atoms with van der Waals surface area (Å²) in [6, 6.07) is 4.73. The van der Waals surface area contributed by atoms with Crippen LogP contribution in [0.25, 0.3) is 0 Å². The van der Waals surface area contributed by atoms with Gasteiger partial charge < -0.3 is 19.9 Å². The molecule has 0 aromatic heterocycles. The lowest BCUT2D eigenvalue weighted by Crippen LogP contribution is -2.45. The summed E-state index contributed by atoms with van der Waals surface area (Å²) < 4.78 is 35.7. The molecule has 1 atom stereocenters. The van der Waals surface area contributed by atoms with Gasteiger partial charge in [0, 0.05) is 44.4 Å². The molecule has 0 radical (unpaired) electrons. The summed E-state index contributed by atoms with van der Waals surface area (Å²) in [6.45, 7) is 3.25. The van der Waals surface area contributed by atoms with Crippen LogP contribution in [0, 0.1) is 0 Å². The summed E-state index contributed by atoms with van der Waals surface area (Å²) in [5.41, 5.74) is 0.639. The van der Waals surface area contributed by atoms with E-state index < -0.39 is 6.29 Å². The SMILES string of the molecule is Cl.OCC[C@@H](c1cccc2c1OC(F)(F)O2)N1CCNCC1. The molecular weight excluding hydrogens is 318 g/mol. The molecule has 124 valence electrons. The minimum Gasteiger partial charge on any atom is -0.396 e. The lowest BCUT2D eigenvalue weighted by molar-refractivity contribution is -0.287. The molecular formula is C14H19ClF2N2O3. The molecule has 2 aliphatic rings. The summed E-state index contributed by atoms with van der Waals surface area (Å²) in [6.07, 6.45) is -3.16. The van der Waals surface area contributed by atoms with Crippen molar-refractivity contribution in [2.75, 3.05) is 32.8 Å². The number of para-hydroxylation sites is 1. The Balaban J connectivity index is 0.00000176. The van der Waals surface area contributed by atoms with Crippen molar-refractivity contribution in [3.8, 4) is 11.5 Å². The number of alkyl halides is 2. The molecule has 8 heteroatoms. The number of nitrogens with zero attached hydrogens (tertiary/aromatic N) is 1. The Labute approximate surface area is 133 Å². The van der Waals surface area contributed by atoms with Gasteiger partial charge in [-0.05, 0) is 12.5 Å². The van der Waals surface area contributed by atoms with E-state index in [-0.39, 0.29) is 36.6 Å². The maximum atomic E-state index is 13.3. The van der Waals surface area contributed by atoms with Crippen molar-refractivity contribution in [3.63, 3.8) is 0 Å². The molecule has 3 rings (SSSR count). The normalized spacial score (nSPS) is 21.2. The molecule has 1 saturated heterocycles. The van der Waals surface area contributed by atoms with E-state index in [1.807, 2.05) is 0 Å². The highest BCUT2D eigenvalue weighted by Gasteiger charge is 2.45. The number of aliphatic hydroxyl groups excluding tert-OH is 1. The molecule has 5 nitrogen and oxygen atoms in total. The molecule has 22 heavy (non-hydrogen) atoms. The Hall–Kier alpha value is -1.15. The fraction of sp³-hybridized carbons (Fsp3) is 0.571. The largest absolute Gasteiger partial charge is 0.586 e. The number of hydrogen-bond donors (Lipinski definition) is 2. The number of fused-ring (bicyclic) bond motifs is 1. The first-order valence-corrected chi connectivity index (χ1v) is 7.05. The molecule has 0 aliphatic carbocycles. The van der Waals surface area contributed by atoms with Crippen LogP contribution in [0.3, 0.4) is 0 Å². The second-order valence-electron chi connectivity index (χ2n) is 5.16. The predicted octanol–water partition coefficient (Wildman–Crippen LogP) is 1.76. The Bertz CT molecular complexity index is 513. The van der Waals surface area contributed by atoms with Gasteiger partial charge in [0.15, 0.2) is 11.5 Å². The van der Waals surface area contributed by atoms with Crippen molar-refractivity contribution >= 4 is 12.4 Å². The summed E-state index contributed by atoms with van der Waals surface area (Å²) in [4.78, 5) is 2.17. The quantitative estimate of drug-likeness (QED) is 0.877. The smallest absolute Gasteiger partial charge is 0.396 e. The number of rotatable bonds is 4. The van der Waals surface area contributed by atoms with Gasteiger partial charge in [-0.1, -0.05) is 12.1 Å². The molecule has 2 aliphatic heterocycles. The fourth-order valence-corrected chi connectivity index (χ4v) is 2.90. The van der Waals surface area contributed by atoms with Crippen LogP contribution in [0.5, 0.6) is 11.5 Å². The third-order valence-electron chi connectivity index (χ3n) is 3.81. The molecule has 1 aromatic rings. The van der Waals surface area contributed by atoms with Crippen LogP contribution < -0.4 is 14.8 Å². The highest BCUT2D eigenvalue weighted by atomic mass is 35.5. The molecule has 0 spiro atoms. The first-order valence-electron chi connectivity index (χ1n) is 7.05. The minimum absolute atomic E-state index is 0. The van der Waals surface area contributed by atoms with Crippen LogP contribution in [0.2, 0.25) is 0 Å². The van der Waals surface area contributed by atoms with E-state index in [2.05, 4.69) is 19.7 Å². The highest BCUT2D eigenvalue weighted by Crippen LogP contribution is 2.46. The summed E-state index contributed by atoms with van der Waals surface area (Å²) in [5.74, 6) is 0.134. The van der Waals surface area contributed by atoms with Gasteiger partial charge in [-0.25, -0.2) is 0 Å². The van der Waals surface area contributed by atoms with Crippen LogP contribution in [-0.2, 0) is 0 Å². The van der Waals surface area contributed by atoms with Crippen LogP contribution in [0.4, 0.5) is 8.78 Å². The highest BCUT2D eigenvalue weighted by molar-refractivity contribution is 5.85. The van der Waals surface area contributed by atoms with E-state index in [9.17, 15) is 13.9 Å². The number of piperazine rings is 1. The van der Waals surface area contributed by atoms with E-state index in [4.69, 9.17) is 0 Å². The number of nitrogens with one attached hydrogen (secondary N) is 1. The van der Waals surface area contributed by atoms with Crippen molar-refractivity contribution in [2.45, 2.75) is 18.8 Å². The van der Waals surface area contributed by atoms with Gasteiger partial charge in [-0.3, -0.25) is 4.90 Å². The van der Waals surface area contributed by atoms with Crippen molar-refractivity contribution in [2.24, 2.45) is 0 Å². The molecule has 0 saturated carbocycles. The topological polar surface area (TPSA) is 54.0 Å². The molecule has 1 aromatic carbocycles. The Morgan fingerprint density at radius 1 is 1.27 bits per heavy atom. The monoisotopic (exact) mass is 336 g/mol. The lowest BCUT2D eigenvalue weighted by Gasteiger charge is -2.35. The molecule has 0 unspecified atom stereocenters. The number of aliphatic hydroxyl groups is 1.